The summed E-state index contributed by atoms with van der Waals surface area (Å²) in [6.45, 7) is 8.92. The highest BCUT2D eigenvalue weighted by atomic mass is 16.2. The fourth-order valence-electron chi connectivity index (χ4n) is 3.48. The normalized spacial score (nSPS) is 33.4. The van der Waals surface area contributed by atoms with E-state index in [0.29, 0.717) is 12.5 Å². The average Bonchev–Trinajstić information content (AvgIpc) is 2.71. The molecule has 0 bridgehead atoms. The second-order valence-corrected chi connectivity index (χ2v) is 5.24. The first-order valence-corrected chi connectivity index (χ1v) is 7.18. The fourth-order valence-corrected chi connectivity index (χ4v) is 3.48. The minimum atomic E-state index is 0.305. The summed E-state index contributed by atoms with van der Waals surface area (Å²) in [6, 6.07) is 0. The van der Waals surface area contributed by atoms with Crippen LogP contribution in [0.25, 0.3) is 0 Å². The van der Waals surface area contributed by atoms with Gasteiger partial charge in [0.15, 0.2) is 0 Å². The summed E-state index contributed by atoms with van der Waals surface area (Å²) in [5.74, 6) is 3.09. The molecule has 0 aromatic carbocycles. The molecule has 1 fully saturated rings. The zero-order valence-electron chi connectivity index (χ0n) is 11.4. The summed E-state index contributed by atoms with van der Waals surface area (Å²) in [5.41, 5.74) is 0. The van der Waals surface area contributed by atoms with Gasteiger partial charge in [-0.2, -0.15) is 0 Å². The van der Waals surface area contributed by atoms with Crippen LogP contribution in [-0.2, 0) is 0 Å². The molecule has 0 saturated heterocycles. The van der Waals surface area contributed by atoms with Crippen molar-refractivity contribution in [3.8, 4) is 0 Å². The summed E-state index contributed by atoms with van der Waals surface area (Å²) < 4.78 is 0. The van der Waals surface area contributed by atoms with Gasteiger partial charge in [0.2, 0.25) is 0 Å². The van der Waals surface area contributed by atoms with Crippen LogP contribution in [0.15, 0.2) is 24.8 Å². The summed E-state index contributed by atoms with van der Waals surface area (Å²) >= 11 is 0. The van der Waals surface area contributed by atoms with Crippen molar-refractivity contribution >= 4 is 0 Å². The minimum absolute atomic E-state index is 0.305. The van der Waals surface area contributed by atoms with Crippen molar-refractivity contribution < 1.29 is 5.11 Å². The number of rotatable bonds is 7. The van der Waals surface area contributed by atoms with Crippen molar-refractivity contribution in [3.05, 3.63) is 24.8 Å². The van der Waals surface area contributed by atoms with Gasteiger partial charge in [-0.15, -0.1) is 6.58 Å². The van der Waals surface area contributed by atoms with Crippen LogP contribution in [-0.4, -0.2) is 11.7 Å². The quantitative estimate of drug-likeness (QED) is 0.519. The first-order chi connectivity index (χ1) is 8.28. The van der Waals surface area contributed by atoms with Gasteiger partial charge in [-0.25, -0.2) is 0 Å². The van der Waals surface area contributed by atoms with Crippen molar-refractivity contribution in [2.75, 3.05) is 6.61 Å². The van der Waals surface area contributed by atoms with Crippen molar-refractivity contribution in [2.45, 2.75) is 46.0 Å². The third kappa shape index (κ3) is 3.70. The van der Waals surface area contributed by atoms with E-state index < -0.39 is 0 Å². The van der Waals surface area contributed by atoms with Crippen molar-refractivity contribution in [1.82, 2.24) is 0 Å². The zero-order chi connectivity index (χ0) is 12.7. The summed E-state index contributed by atoms with van der Waals surface area (Å²) in [6.07, 6.45) is 12.6. The van der Waals surface area contributed by atoms with E-state index in [-0.39, 0.29) is 0 Å². The Hall–Kier alpha value is -0.560. The van der Waals surface area contributed by atoms with Crippen molar-refractivity contribution in [2.24, 2.45) is 23.7 Å². The highest BCUT2D eigenvalue weighted by Crippen LogP contribution is 2.46. The molecule has 1 nitrogen and oxygen atoms in total. The summed E-state index contributed by atoms with van der Waals surface area (Å²) in [7, 11) is 0. The van der Waals surface area contributed by atoms with Gasteiger partial charge < -0.3 is 5.11 Å². The molecule has 17 heavy (non-hydrogen) atoms. The maximum atomic E-state index is 8.77. The number of aliphatic hydroxyl groups is 1. The molecule has 0 aromatic heterocycles. The molecule has 1 saturated carbocycles. The lowest BCUT2D eigenvalue weighted by atomic mass is 9.83. The minimum Gasteiger partial charge on any atom is -0.396 e. The Bertz CT molecular complexity index is 244. The molecule has 1 rings (SSSR count). The van der Waals surface area contributed by atoms with Crippen LogP contribution >= 0.6 is 0 Å². The van der Waals surface area contributed by atoms with Gasteiger partial charge in [-0.3, -0.25) is 0 Å². The van der Waals surface area contributed by atoms with Gasteiger partial charge in [-0.05, 0) is 42.9 Å². The van der Waals surface area contributed by atoms with E-state index in [1.165, 1.54) is 19.3 Å². The molecule has 0 aromatic rings. The average molecular weight is 236 g/mol. The van der Waals surface area contributed by atoms with E-state index in [2.05, 4.69) is 38.7 Å². The highest BCUT2D eigenvalue weighted by molar-refractivity contribution is 5.04. The molecule has 0 unspecified atom stereocenters. The Morgan fingerprint density at radius 3 is 2.35 bits per heavy atom. The first-order valence-electron chi connectivity index (χ1n) is 7.18. The Labute approximate surface area is 107 Å². The van der Waals surface area contributed by atoms with E-state index in [9.17, 15) is 0 Å². The Kier molecular flexibility index (Phi) is 6.57. The number of hydrogen-bond acceptors (Lipinski definition) is 1. The zero-order valence-corrected chi connectivity index (χ0v) is 11.4. The predicted octanol–water partition coefficient (Wildman–Crippen LogP) is 4.19. The number of hydrogen-bond donors (Lipinski definition) is 1. The third-order valence-corrected chi connectivity index (χ3v) is 4.35. The molecule has 4 atom stereocenters. The van der Waals surface area contributed by atoms with Crippen LogP contribution < -0.4 is 0 Å². The SMILES string of the molecule is C=C[C@H]1C[C@@H](/C=C\CCCO)[C@@H](CC)[C@H]1CC. The van der Waals surface area contributed by atoms with Crippen LogP contribution in [0, 0.1) is 23.7 Å². The number of aliphatic hydroxyl groups excluding tert-OH is 1. The lowest BCUT2D eigenvalue weighted by Crippen LogP contribution is -2.14. The topological polar surface area (TPSA) is 20.2 Å². The van der Waals surface area contributed by atoms with Crippen molar-refractivity contribution in [1.29, 1.82) is 0 Å². The van der Waals surface area contributed by atoms with Crippen LogP contribution in [0.4, 0.5) is 0 Å². The molecule has 0 amide bonds. The molecule has 0 heterocycles. The number of allylic oxidation sites excluding steroid dienone is 3. The Morgan fingerprint density at radius 1 is 1.18 bits per heavy atom. The van der Waals surface area contributed by atoms with Gasteiger partial charge >= 0.3 is 0 Å². The Morgan fingerprint density at radius 2 is 1.82 bits per heavy atom. The largest absolute Gasteiger partial charge is 0.396 e. The maximum Gasteiger partial charge on any atom is 0.0433 e. The second-order valence-electron chi connectivity index (χ2n) is 5.24. The van der Waals surface area contributed by atoms with E-state index in [4.69, 9.17) is 5.11 Å². The molecule has 1 N–H and O–H groups in total. The molecular weight excluding hydrogens is 208 g/mol. The lowest BCUT2D eigenvalue weighted by Gasteiger charge is -2.22. The molecule has 1 aliphatic carbocycles. The molecule has 1 heteroatoms. The predicted molar refractivity (Wildman–Crippen MR) is 74.8 cm³/mol. The monoisotopic (exact) mass is 236 g/mol. The summed E-state index contributed by atoms with van der Waals surface area (Å²) in [4.78, 5) is 0. The van der Waals surface area contributed by atoms with Gasteiger partial charge in [0.25, 0.3) is 0 Å². The van der Waals surface area contributed by atoms with Gasteiger partial charge in [0.1, 0.15) is 0 Å². The number of unbranched alkanes of at least 4 members (excludes halogenated alkanes) is 1. The third-order valence-electron chi connectivity index (χ3n) is 4.35. The second kappa shape index (κ2) is 7.71. The van der Waals surface area contributed by atoms with E-state index >= 15 is 0 Å². The molecular formula is C16H28O. The van der Waals surface area contributed by atoms with Crippen LogP contribution in [0.3, 0.4) is 0 Å². The van der Waals surface area contributed by atoms with Crippen LogP contribution in [0.5, 0.6) is 0 Å². The molecule has 1 aliphatic rings. The Balaban J connectivity index is 2.59. The van der Waals surface area contributed by atoms with E-state index in [1.54, 1.807) is 0 Å². The molecule has 98 valence electrons. The van der Waals surface area contributed by atoms with E-state index in [1.807, 2.05) is 0 Å². The fraction of sp³-hybridized carbons (Fsp3) is 0.750. The van der Waals surface area contributed by atoms with Crippen molar-refractivity contribution in [3.63, 3.8) is 0 Å². The standard InChI is InChI=1S/C16H28O/c1-4-13-12-14(10-8-7-9-11-17)16(6-3)15(13)5-2/h4,8,10,13-17H,1,5-7,9,11-12H2,2-3H3/b10-8-/t13-,14+,15-,16+/m0/s1. The molecule has 0 aliphatic heterocycles. The summed E-state index contributed by atoms with van der Waals surface area (Å²) in [5, 5.41) is 8.77. The van der Waals surface area contributed by atoms with Gasteiger partial charge in [-0.1, -0.05) is 44.9 Å². The lowest BCUT2D eigenvalue weighted by molar-refractivity contribution is 0.289. The van der Waals surface area contributed by atoms with Gasteiger partial charge in [0.05, 0.1) is 0 Å². The van der Waals surface area contributed by atoms with E-state index in [0.717, 1.165) is 30.6 Å². The van der Waals surface area contributed by atoms with Crippen LogP contribution in [0.1, 0.15) is 46.0 Å². The highest BCUT2D eigenvalue weighted by Gasteiger charge is 2.37. The van der Waals surface area contributed by atoms with Gasteiger partial charge in [0, 0.05) is 6.61 Å². The molecule has 0 radical (unpaired) electrons. The smallest absolute Gasteiger partial charge is 0.0433 e. The van der Waals surface area contributed by atoms with Crippen LogP contribution in [0.2, 0.25) is 0 Å². The maximum absolute atomic E-state index is 8.77. The molecule has 0 spiro atoms. The first kappa shape index (κ1) is 14.5.